The Morgan fingerprint density at radius 1 is 1.42 bits per heavy atom. The molecule has 0 saturated heterocycles. The Morgan fingerprint density at radius 2 is 2.00 bits per heavy atom. The van der Waals surface area contributed by atoms with Gasteiger partial charge in [0, 0.05) is 4.32 Å². The molecule has 68 valence electrons. The zero-order chi connectivity index (χ0) is 9.41. The summed E-state index contributed by atoms with van der Waals surface area (Å²) in [4.78, 5) is 0. The van der Waals surface area contributed by atoms with E-state index in [1.165, 1.54) is 6.42 Å². The van der Waals surface area contributed by atoms with Gasteiger partial charge in [-0.3, -0.25) is 0 Å². The first-order valence-corrected chi connectivity index (χ1v) is 5.37. The smallest absolute Gasteiger partial charge is 0.0950 e. The fourth-order valence-electron chi connectivity index (χ4n) is 2.14. The predicted molar refractivity (Wildman–Crippen MR) is 57.6 cm³/mol. The van der Waals surface area contributed by atoms with Crippen molar-refractivity contribution in [2.24, 2.45) is 11.7 Å². The maximum absolute atomic E-state index is 5.95. The van der Waals surface area contributed by atoms with Crippen molar-refractivity contribution >= 4 is 23.8 Å². The molecule has 1 fully saturated rings. The average Bonchev–Trinajstić information content (AvgIpc) is 1.87. The fraction of sp³-hybridized carbons (Fsp3) is 1.00. The molecule has 1 saturated carbocycles. The lowest BCUT2D eigenvalue weighted by Gasteiger charge is -2.24. The Kier molecular flexibility index (Phi) is 2.94. The number of hydrogen-bond acceptors (Lipinski definition) is 1. The normalized spacial score (nSPS) is 50.2. The summed E-state index contributed by atoms with van der Waals surface area (Å²) in [5.74, 6) is 0.617. The summed E-state index contributed by atoms with van der Waals surface area (Å²) in [6.45, 7) is 4.45. The molecule has 1 aliphatic carbocycles. The Hall–Kier alpha value is 0.505. The number of nitrogens with two attached hydrogens (primary N) is 1. The lowest BCUT2D eigenvalue weighted by Crippen LogP contribution is -2.40. The second kappa shape index (κ2) is 3.34. The maximum Gasteiger partial charge on any atom is 0.0950 e. The molecule has 0 amide bonds. The van der Waals surface area contributed by atoms with Gasteiger partial charge in [0.15, 0.2) is 0 Å². The maximum atomic E-state index is 5.95. The summed E-state index contributed by atoms with van der Waals surface area (Å²) < 4.78 is 0.243. The molecule has 0 aromatic heterocycles. The van der Waals surface area contributed by atoms with Gasteiger partial charge in [-0.25, -0.2) is 0 Å². The first-order chi connectivity index (χ1) is 5.31. The van der Waals surface area contributed by atoms with Gasteiger partial charge in [0.2, 0.25) is 0 Å². The Labute approximate surface area is 85.0 Å². The Morgan fingerprint density at radius 3 is 2.58 bits per heavy atom. The van der Waals surface area contributed by atoms with Gasteiger partial charge in [0.25, 0.3) is 0 Å². The predicted octanol–water partition coefficient (Wildman–Crippen LogP) is 2.17. The van der Waals surface area contributed by atoms with Crippen LogP contribution in [0, 0.1) is 5.92 Å². The van der Waals surface area contributed by atoms with Crippen molar-refractivity contribution in [3.63, 3.8) is 0 Å². The van der Waals surface area contributed by atoms with Gasteiger partial charge in [0.1, 0.15) is 0 Å². The van der Waals surface area contributed by atoms with Crippen molar-refractivity contribution in [2.75, 3.05) is 0 Å². The quantitative estimate of drug-likeness (QED) is 0.385. The SMILES string of the molecule is [B]C1(N)CCC(C)(Br)CC(C)C1. The zero-order valence-electron chi connectivity index (χ0n) is 7.94. The summed E-state index contributed by atoms with van der Waals surface area (Å²) >= 11 is 3.72. The summed E-state index contributed by atoms with van der Waals surface area (Å²) in [7, 11) is 5.95. The van der Waals surface area contributed by atoms with E-state index in [9.17, 15) is 0 Å². The minimum Gasteiger partial charge on any atom is -0.333 e. The van der Waals surface area contributed by atoms with Crippen molar-refractivity contribution in [3.05, 3.63) is 0 Å². The van der Waals surface area contributed by atoms with Crippen LogP contribution in [0.4, 0.5) is 0 Å². The Balaban J connectivity index is 2.66. The van der Waals surface area contributed by atoms with Crippen LogP contribution in [-0.4, -0.2) is 17.6 Å². The van der Waals surface area contributed by atoms with Crippen molar-refractivity contribution in [1.82, 2.24) is 0 Å². The zero-order valence-corrected chi connectivity index (χ0v) is 9.52. The van der Waals surface area contributed by atoms with Gasteiger partial charge in [-0.1, -0.05) is 22.9 Å². The number of hydrogen-bond donors (Lipinski definition) is 1. The van der Waals surface area contributed by atoms with Crippen LogP contribution in [0.15, 0.2) is 0 Å². The number of halogens is 1. The Bertz CT molecular complexity index is 150. The van der Waals surface area contributed by atoms with Gasteiger partial charge in [-0.2, -0.15) is 0 Å². The number of alkyl halides is 1. The monoisotopic (exact) mass is 229 g/mol. The minimum absolute atomic E-state index is 0.243. The van der Waals surface area contributed by atoms with Crippen LogP contribution in [0.3, 0.4) is 0 Å². The number of rotatable bonds is 0. The molecule has 3 heteroatoms. The molecule has 3 unspecified atom stereocenters. The molecule has 0 aliphatic heterocycles. The first kappa shape index (κ1) is 10.6. The summed E-state index contributed by atoms with van der Waals surface area (Å²) in [5, 5.41) is 0. The third-order valence-corrected chi connectivity index (χ3v) is 3.33. The van der Waals surface area contributed by atoms with Crippen LogP contribution >= 0.6 is 15.9 Å². The fourth-order valence-corrected chi connectivity index (χ4v) is 2.90. The van der Waals surface area contributed by atoms with Gasteiger partial charge in [-0.15, -0.1) is 0 Å². The van der Waals surface area contributed by atoms with Gasteiger partial charge < -0.3 is 5.73 Å². The molecule has 1 nitrogen and oxygen atoms in total. The second-order valence-corrected chi connectivity index (χ2v) is 6.57. The third-order valence-electron chi connectivity index (χ3n) is 2.61. The van der Waals surface area contributed by atoms with E-state index in [0.29, 0.717) is 5.92 Å². The van der Waals surface area contributed by atoms with Gasteiger partial charge in [0.05, 0.1) is 7.85 Å². The molecule has 1 rings (SSSR count). The van der Waals surface area contributed by atoms with E-state index in [0.717, 1.165) is 19.3 Å². The first-order valence-electron chi connectivity index (χ1n) is 4.57. The molecule has 2 N–H and O–H groups in total. The third kappa shape index (κ3) is 3.10. The van der Waals surface area contributed by atoms with Crippen LogP contribution in [0.25, 0.3) is 0 Å². The van der Waals surface area contributed by atoms with Crippen LogP contribution in [0.2, 0.25) is 0 Å². The van der Waals surface area contributed by atoms with Crippen LogP contribution in [-0.2, 0) is 0 Å². The molecule has 0 spiro atoms. The molecule has 3 atom stereocenters. The van der Waals surface area contributed by atoms with Gasteiger partial charge >= 0.3 is 0 Å². The van der Waals surface area contributed by atoms with Crippen LogP contribution < -0.4 is 5.73 Å². The molecule has 0 bridgehead atoms. The van der Waals surface area contributed by atoms with E-state index in [-0.39, 0.29) is 4.32 Å². The molecule has 0 aromatic rings. The highest BCUT2D eigenvalue weighted by molar-refractivity contribution is 9.10. The van der Waals surface area contributed by atoms with Crippen LogP contribution in [0.1, 0.15) is 39.5 Å². The van der Waals surface area contributed by atoms with E-state index in [2.05, 4.69) is 29.8 Å². The van der Waals surface area contributed by atoms with E-state index in [1.807, 2.05) is 0 Å². The van der Waals surface area contributed by atoms with E-state index >= 15 is 0 Å². The van der Waals surface area contributed by atoms with E-state index < -0.39 is 5.44 Å². The summed E-state index contributed by atoms with van der Waals surface area (Å²) in [6.07, 6.45) is 4.10. The largest absolute Gasteiger partial charge is 0.333 e. The highest BCUT2D eigenvalue weighted by Gasteiger charge is 2.33. The molecule has 0 aromatic carbocycles. The molecular weight excluding hydrogens is 213 g/mol. The lowest BCUT2D eigenvalue weighted by molar-refractivity contribution is 0.425. The second-order valence-electron chi connectivity index (χ2n) is 4.66. The average molecular weight is 230 g/mol. The minimum atomic E-state index is -0.440. The molecule has 1 aliphatic rings. The van der Waals surface area contributed by atoms with E-state index in [1.54, 1.807) is 0 Å². The lowest BCUT2D eigenvalue weighted by atomic mass is 9.71. The standard InChI is InChI=1S/C9H17BBrN/c1-7-5-8(2,11)3-4-9(10,12)6-7/h7H,3-6,12H2,1-2H3. The molecule has 2 radical (unpaired) electrons. The van der Waals surface area contributed by atoms with Crippen molar-refractivity contribution in [2.45, 2.75) is 49.3 Å². The van der Waals surface area contributed by atoms with Crippen molar-refractivity contribution < 1.29 is 0 Å². The topological polar surface area (TPSA) is 26.0 Å². The van der Waals surface area contributed by atoms with Crippen LogP contribution in [0.5, 0.6) is 0 Å². The van der Waals surface area contributed by atoms with Crippen molar-refractivity contribution in [1.29, 1.82) is 0 Å². The molecule has 0 heterocycles. The summed E-state index contributed by atoms with van der Waals surface area (Å²) in [5.41, 5.74) is 5.51. The van der Waals surface area contributed by atoms with Gasteiger partial charge in [-0.05, 0) is 44.0 Å². The highest BCUT2D eigenvalue weighted by Crippen LogP contribution is 2.38. The van der Waals surface area contributed by atoms with E-state index in [4.69, 9.17) is 13.6 Å². The van der Waals surface area contributed by atoms with Crippen molar-refractivity contribution in [3.8, 4) is 0 Å². The summed E-state index contributed by atoms with van der Waals surface area (Å²) in [6, 6.07) is 0. The molecule has 12 heavy (non-hydrogen) atoms. The molecular formula is C9H17BBrN. The highest BCUT2D eigenvalue weighted by atomic mass is 79.9.